The summed E-state index contributed by atoms with van der Waals surface area (Å²) in [5, 5.41) is 1.00. The molecule has 1 heterocycles. The molecule has 0 aliphatic heterocycles. The Kier molecular flexibility index (Phi) is 2.56. The molecule has 0 aliphatic rings. The average molecular weight is 253 g/mol. The van der Waals surface area contributed by atoms with Gasteiger partial charge in [-0.25, -0.2) is 0 Å². The van der Waals surface area contributed by atoms with Crippen molar-refractivity contribution < 1.29 is 4.74 Å². The van der Waals surface area contributed by atoms with Gasteiger partial charge >= 0.3 is 0 Å². The fraction of sp³-hybridized carbons (Fsp3) is 0.0667. The van der Waals surface area contributed by atoms with Crippen LogP contribution in [-0.2, 0) is 0 Å². The first kappa shape index (κ1) is 11.5. The van der Waals surface area contributed by atoms with Crippen LogP contribution in [0.2, 0.25) is 0 Å². The van der Waals surface area contributed by atoms with Gasteiger partial charge in [-0.05, 0) is 42.5 Å². The second kappa shape index (κ2) is 4.24. The van der Waals surface area contributed by atoms with E-state index in [0.29, 0.717) is 0 Å². The van der Waals surface area contributed by atoms with Crippen molar-refractivity contribution in [2.24, 2.45) is 0 Å². The molecule has 19 heavy (non-hydrogen) atoms. The molecule has 4 N–H and O–H groups in total. The Morgan fingerprint density at radius 3 is 2.42 bits per heavy atom. The molecule has 0 fully saturated rings. The molecule has 0 amide bonds. The van der Waals surface area contributed by atoms with Crippen LogP contribution in [0.3, 0.4) is 0 Å². The summed E-state index contributed by atoms with van der Waals surface area (Å²) in [6.07, 6.45) is 1.91. The number of methoxy groups -OCH3 is 1. The van der Waals surface area contributed by atoms with Crippen molar-refractivity contribution in [2.45, 2.75) is 0 Å². The number of aromatic nitrogens is 1. The van der Waals surface area contributed by atoms with Crippen LogP contribution in [0, 0.1) is 0 Å². The zero-order valence-electron chi connectivity index (χ0n) is 10.6. The van der Waals surface area contributed by atoms with E-state index in [2.05, 4.69) is 0 Å². The van der Waals surface area contributed by atoms with E-state index in [1.165, 1.54) is 0 Å². The number of nitrogen functional groups attached to an aromatic ring is 2. The molecule has 1 aromatic heterocycles. The Labute approximate surface area is 111 Å². The van der Waals surface area contributed by atoms with Gasteiger partial charge in [0.05, 0.1) is 18.3 Å². The van der Waals surface area contributed by atoms with E-state index >= 15 is 0 Å². The minimum absolute atomic E-state index is 0.723. The lowest BCUT2D eigenvalue weighted by molar-refractivity contribution is 0.415. The molecule has 0 saturated carbocycles. The number of hydrogen-bond donors (Lipinski definition) is 2. The van der Waals surface area contributed by atoms with E-state index < -0.39 is 0 Å². The molecule has 0 radical (unpaired) electrons. The van der Waals surface area contributed by atoms with Crippen LogP contribution in [0.4, 0.5) is 11.4 Å². The first-order valence-electron chi connectivity index (χ1n) is 5.99. The third kappa shape index (κ3) is 1.87. The second-order valence-electron chi connectivity index (χ2n) is 4.43. The summed E-state index contributed by atoms with van der Waals surface area (Å²) < 4.78 is 7.19. The summed E-state index contributed by atoms with van der Waals surface area (Å²) in [6, 6.07) is 13.5. The van der Waals surface area contributed by atoms with Crippen molar-refractivity contribution in [1.29, 1.82) is 0 Å². The van der Waals surface area contributed by atoms with E-state index in [-0.39, 0.29) is 0 Å². The van der Waals surface area contributed by atoms with Crippen LogP contribution in [0.1, 0.15) is 0 Å². The maximum Gasteiger partial charge on any atom is 0.119 e. The summed E-state index contributed by atoms with van der Waals surface area (Å²) in [5.41, 5.74) is 15.4. The van der Waals surface area contributed by atoms with Crippen molar-refractivity contribution >= 4 is 22.3 Å². The molecule has 0 saturated heterocycles. The lowest BCUT2D eigenvalue weighted by Gasteiger charge is -2.07. The minimum Gasteiger partial charge on any atom is -0.497 e. The summed E-state index contributed by atoms with van der Waals surface area (Å²) in [6.45, 7) is 0. The monoisotopic (exact) mass is 253 g/mol. The molecule has 3 aromatic rings. The zero-order chi connectivity index (χ0) is 13.4. The molecule has 0 aliphatic carbocycles. The van der Waals surface area contributed by atoms with Crippen molar-refractivity contribution in [3.63, 3.8) is 0 Å². The van der Waals surface area contributed by atoms with Crippen LogP contribution < -0.4 is 16.2 Å². The molecule has 2 aromatic carbocycles. The van der Waals surface area contributed by atoms with Gasteiger partial charge in [-0.3, -0.25) is 0 Å². The van der Waals surface area contributed by atoms with E-state index in [0.717, 1.165) is 33.7 Å². The summed E-state index contributed by atoms with van der Waals surface area (Å²) >= 11 is 0. The predicted molar refractivity (Wildman–Crippen MR) is 78.7 cm³/mol. The second-order valence-corrected chi connectivity index (χ2v) is 4.43. The van der Waals surface area contributed by atoms with Crippen LogP contribution >= 0.6 is 0 Å². The largest absolute Gasteiger partial charge is 0.497 e. The highest BCUT2D eigenvalue weighted by Crippen LogP contribution is 2.28. The first-order chi connectivity index (χ1) is 9.19. The maximum absolute atomic E-state index is 6.03. The fourth-order valence-corrected chi connectivity index (χ4v) is 2.23. The van der Waals surface area contributed by atoms with Gasteiger partial charge in [-0.15, -0.1) is 0 Å². The highest BCUT2D eigenvalue weighted by molar-refractivity contribution is 5.94. The van der Waals surface area contributed by atoms with Gasteiger partial charge in [-0.2, -0.15) is 0 Å². The molecule has 4 nitrogen and oxygen atoms in total. The summed E-state index contributed by atoms with van der Waals surface area (Å²) in [7, 11) is 1.65. The first-order valence-corrected chi connectivity index (χ1v) is 5.99. The van der Waals surface area contributed by atoms with Crippen LogP contribution in [0.15, 0.2) is 48.7 Å². The minimum atomic E-state index is 0.723. The normalized spacial score (nSPS) is 10.8. The van der Waals surface area contributed by atoms with Crippen molar-refractivity contribution in [2.75, 3.05) is 18.6 Å². The SMILES string of the molecule is COc1ccc(-n2cc(N)c3ccc(N)cc32)cc1. The Morgan fingerprint density at radius 2 is 1.74 bits per heavy atom. The van der Waals surface area contributed by atoms with Gasteiger partial charge in [0.2, 0.25) is 0 Å². The molecule has 96 valence electrons. The van der Waals surface area contributed by atoms with E-state index in [4.69, 9.17) is 16.2 Å². The summed E-state index contributed by atoms with van der Waals surface area (Å²) in [4.78, 5) is 0. The smallest absolute Gasteiger partial charge is 0.119 e. The Hall–Kier alpha value is -2.62. The zero-order valence-corrected chi connectivity index (χ0v) is 10.6. The van der Waals surface area contributed by atoms with Gasteiger partial charge in [0.15, 0.2) is 0 Å². The van der Waals surface area contributed by atoms with Crippen molar-refractivity contribution in [1.82, 2.24) is 4.57 Å². The van der Waals surface area contributed by atoms with E-state index in [1.807, 2.05) is 53.2 Å². The quantitative estimate of drug-likeness (QED) is 0.690. The van der Waals surface area contributed by atoms with Crippen molar-refractivity contribution in [3.05, 3.63) is 48.7 Å². The van der Waals surface area contributed by atoms with Crippen LogP contribution in [-0.4, -0.2) is 11.7 Å². The average Bonchev–Trinajstić information content (AvgIpc) is 2.75. The van der Waals surface area contributed by atoms with Crippen LogP contribution in [0.5, 0.6) is 5.75 Å². The lowest BCUT2D eigenvalue weighted by atomic mass is 10.2. The fourth-order valence-electron chi connectivity index (χ4n) is 2.23. The predicted octanol–water partition coefficient (Wildman–Crippen LogP) is 2.80. The maximum atomic E-state index is 6.03. The van der Waals surface area contributed by atoms with Gasteiger partial charge in [0, 0.05) is 23.0 Å². The van der Waals surface area contributed by atoms with Gasteiger partial charge in [0.25, 0.3) is 0 Å². The molecule has 0 atom stereocenters. The molecule has 3 rings (SSSR count). The standard InChI is InChI=1S/C15H15N3O/c1-19-12-5-3-11(4-6-12)18-9-14(17)13-7-2-10(16)8-15(13)18/h2-9H,16-17H2,1H3. The number of rotatable bonds is 2. The topological polar surface area (TPSA) is 66.2 Å². The molecular weight excluding hydrogens is 238 g/mol. The van der Waals surface area contributed by atoms with Crippen LogP contribution in [0.25, 0.3) is 16.6 Å². The molecule has 0 unspecified atom stereocenters. The van der Waals surface area contributed by atoms with Crippen molar-refractivity contribution in [3.8, 4) is 11.4 Å². The number of nitrogens with zero attached hydrogens (tertiary/aromatic N) is 1. The number of hydrogen-bond acceptors (Lipinski definition) is 3. The number of anilines is 2. The Morgan fingerprint density at radius 1 is 1.00 bits per heavy atom. The van der Waals surface area contributed by atoms with E-state index in [9.17, 15) is 0 Å². The third-order valence-electron chi connectivity index (χ3n) is 3.21. The Bertz CT molecular complexity index is 729. The Balaban J connectivity index is 2.20. The van der Waals surface area contributed by atoms with Gasteiger partial charge < -0.3 is 20.8 Å². The lowest BCUT2D eigenvalue weighted by Crippen LogP contribution is -1.93. The number of benzene rings is 2. The highest BCUT2D eigenvalue weighted by atomic mass is 16.5. The van der Waals surface area contributed by atoms with Gasteiger partial charge in [-0.1, -0.05) is 0 Å². The summed E-state index contributed by atoms with van der Waals surface area (Å²) in [5.74, 6) is 0.827. The molecule has 0 spiro atoms. The van der Waals surface area contributed by atoms with E-state index in [1.54, 1.807) is 7.11 Å². The van der Waals surface area contributed by atoms with Gasteiger partial charge in [0.1, 0.15) is 5.75 Å². The highest BCUT2D eigenvalue weighted by Gasteiger charge is 2.08. The third-order valence-corrected chi connectivity index (χ3v) is 3.21. The molecule has 4 heteroatoms. The molecular formula is C15H15N3O. The number of ether oxygens (including phenoxy) is 1. The number of nitrogens with two attached hydrogens (primary N) is 2. The molecule has 0 bridgehead atoms. The number of fused-ring (bicyclic) bond motifs is 1.